The Kier molecular flexibility index (Phi) is 2.31. The van der Waals surface area contributed by atoms with Crippen LogP contribution in [0.2, 0.25) is 0 Å². The molecule has 0 nitrogen and oxygen atoms in total. The summed E-state index contributed by atoms with van der Waals surface area (Å²) in [5.41, 5.74) is 4.89. The van der Waals surface area contributed by atoms with Crippen molar-refractivity contribution in [2.24, 2.45) is 5.92 Å². The van der Waals surface area contributed by atoms with Gasteiger partial charge >= 0.3 is 0 Å². The van der Waals surface area contributed by atoms with Crippen LogP contribution in [0.3, 0.4) is 0 Å². The highest BCUT2D eigenvalue weighted by Crippen LogP contribution is 2.36. The molecule has 1 saturated carbocycles. The molecule has 0 saturated heterocycles. The van der Waals surface area contributed by atoms with Gasteiger partial charge in [-0.2, -0.15) is 0 Å². The van der Waals surface area contributed by atoms with E-state index < -0.39 is 0 Å². The molecule has 0 aromatic heterocycles. The maximum Gasteiger partial charge on any atom is -0.0162 e. The van der Waals surface area contributed by atoms with Gasteiger partial charge in [0, 0.05) is 0 Å². The fourth-order valence-electron chi connectivity index (χ4n) is 3.37. The topological polar surface area (TPSA) is 0 Å². The van der Waals surface area contributed by atoms with E-state index in [9.17, 15) is 0 Å². The van der Waals surface area contributed by atoms with E-state index in [0.29, 0.717) is 0 Å². The zero-order chi connectivity index (χ0) is 10.3. The lowest BCUT2D eigenvalue weighted by Gasteiger charge is -2.11. The Morgan fingerprint density at radius 2 is 1.73 bits per heavy atom. The van der Waals surface area contributed by atoms with Crippen molar-refractivity contribution in [1.29, 1.82) is 0 Å². The van der Waals surface area contributed by atoms with Crippen molar-refractivity contribution in [2.75, 3.05) is 0 Å². The highest BCUT2D eigenvalue weighted by Gasteiger charge is 2.21. The first-order valence-corrected chi connectivity index (χ1v) is 6.44. The smallest absolute Gasteiger partial charge is 0.0162 e. The molecule has 2 aliphatic rings. The molecule has 0 spiro atoms. The number of benzene rings is 1. The third-order valence-electron chi connectivity index (χ3n) is 4.19. The van der Waals surface area contributed by atoms with Crippen LogP contribution < -0.4 is 0 Å². The Hall–Kier alpha value is -0.780. The largest absolute Gasteiger partial charge is 0.0619 e. The van der Waals surface area contributed by atoms with Gasteiger partial charge in [0.25, 0.3) is 0 Å². The predicted molar refractivity (Wildman–Crippen MR) is 64.2 cm³/mol. The molecule has 1 atom stereocenters. The van der Waals surface area contributed by atoms with Crippen molar-refractivity contribution in [3.63, 3.8) is 0 Å². The molecule has 0 aliphatic heterocycles. The monoisotopic (exact) mass is 200 g/mol. The summed E-state index contributed by atoms with van der Waals surface area (Å²) in [6.45, 7) is 2.37. The lowest BCUT2D eigenvalue weighted by atomic mass is 9.94. The van der Waals surface area contributed by atoms with Gasteiger partial charge in [0.15, 0.2) is 0 Å². The van der Waals surface area contributed by atoms with Crippen molar-refractivity contribution in [3.8, 4) is 0 Å². The van der Waals surface area contributed by atoms with Crippen LogP contribution in [0.5, 0.6) is 0 Å². The molecule has 2 aliphatic carbocycles. The van der Waals surface area contributed by atoms with E-state index >= 15 is 0 Å². The van der Waals surface area contributed by atoms with Gasteiger partial charge in [0.1, 0.15) is 0 Å². The summed E-state index contributed by atoms with van der Waals surface area (Å²) in [7, 11) is 0. The molecular formula is C15H20. The van der Waals surface area contributed by atoms with Crippen molar-refractivity contribution < 1.29 is 0 Å². The normalized spacial score (nSPS) is 25.8. The Labute approximate surface area is 92.7 Å². The van der Waals surface area contributed by atoms with E-state index in [2.05, 4.69) is 25.1 Å². The second-order valence-corrected chi connectivity index (χ2v) is 5.52. The van der Waals surface area contributed by atoms with Gasteiger partial charge in [0.05, 0.1) is 0 Å². The number of rotatable bonds is 1. The Morgan fingerprint density at radius 3 is 2.53 bits per heavy atom. The Bertz CT molecular complexity index is 358. The number of fused-ring (bicyclic) bond motifs is 1. The molecule has 1 fully saturated rings. The minimum atomic E-state index is 0.874. The average molecular weight is 200 g/mol. The highest BCUT2D eigenvalue weighted by molar-refractivity contribution is 5.37. The summed E-state index contributed by atoms with van der Waals surface area (Å²) in [4.78, 5) is 0. The molecule has 0 radical (unpaired) electrons. The lowest BCUT2D eigenvalue weighted by molar-refractivity contribution is 0.627. The lowest BCUT2D eigenvalue weighted by Crippen LogP contribution is -1.94. The van der Waals surface area contributed by atoms with E-state index in [1.165, 1.54) is 38.5 Å². The van der Waals surface area contributed by atoms with Gasteiger partial charge in [-0.25, -0.2) is 0 Å². The summed E-state index contributed by atoms with van der Waals surface area (Å²) in [5, 5.41) is 0. The van der Waals surface area contributed by atoms with Crippen molar-refractivity contribution >= 4 is 0 Å². The van der Waals surface area contributed by atoms with Gasteiger partial charge in [-0.05, 0) is 54.2 Å². The number of hydrogen-bond acceptors (Lipinski definition) is 0. The van der Waals surface area contributed by atoms with Crippen LogP contribution in [0, 0.1) is 5.92 Å². The molecule has 0 N–H and O–H groups in total. The van der Waals surface area contributed by atoms with Gasteiger partial charge in [-0.1, -0.05) is 38.0 Å². The standard InChI is InChI=1S/C15H20/c1-11-8-13-6-7-14(10-15(13)9-11)12-4-2-3-5-12/h6-7,10-12H,2-5,8-9H2,1H3. The molecule has 0 heterocycles. The van der Waals surface area contributed by atoms with E-state index in [1.54, 1.807) is 16.7 Å². The van der Waals surface area contributed by atoms with E-state index in [1.807, 2.05) is 0 Å². The van der Waals surface area contributed by atoms with Crippen molar-refractivity contribution in [1.82, 2.24) is 0 Å². The van der Waals surface area contributed by atoms with Crippen molar-refractivity contribution in [2.45, 2.75) is 51.4 Å². The Morgan fingerprint density at radius 1 is 1.00 bits per heavy atom. The first kappa shape index (κ1) is 9.45. The first-order chi connectivity index (χ1) is 7.33. The molecule has 80 valence electrons. The average Bonchev–Trinajstić information content (AvgIpc) is 2.82. The van der Waals surface area contributed by atoms with Gasteiger partial charge in [0.2, 0.25) is 0 Å². The summed E-state index contributed by atoms with van der Waals surface area (Å²) < 4.78 is 0. The van der Waals surface area contributed by atoms with Crippen LogP contribution in [-0.2, 0) is 12.8 Å². The first-order valence-electron chi connectivity index (χ1n) is 6.44. The van der Waals surface area contributed by atoms with Crippen molar-refractivity contribution in [3.05, 3.63) is 34.9 Å². The fourth-order valence-corrected chi connectivity index (χ4v) is 3.37. The maximum atomic E-state index is 2.51. The minimum absolute atomic E-state index is 0.874. The van der Waals surface area contributed by atoms with Crippen LogP contribution >= 0.6 is 0 Å². The van der Waals surface area contributed by atoms with Crippen LogP contribution in [0.1, 0.15) is 55.2 Å². The zero-order valence-corrected chi connectivity index (χ0v) is 9.63. The molecule has 0 amide bonds. The zero-order valence-electron chi connectivity index (χ0n) is 9.63. The quantitative estimate of drug-likeness (QED) is 0.641. The molecule has 0 bridgehead atoms. The number of hydrogen-bond donors (Lipinski definition) is 0. The third-order valence-corrected chi connectivity index (χ3v) is 4.19. The van der Waals surface area contributed by atoms with Crippen LogP contribution in [0.15, 0.2) is 18.2 Å². The van der Waals surface area contributed by atoms with Crippen LogP contribution in [0.4, 0.5) is 0 Å². The summed E-state index contributed by atoms with van der Waals surface area (Å²) in [6.07, 6.45) is 8.36. The van der Waals surface area contributed by atoms with Crippen LogP contribution in [-0.4, -0.2) is 0 Å². The Balaban J connectivity index is 1.89. The predicted octanol–water partition coefficient (Wildman–Crippen LogP) is 4.08. The summed E-state index contributed by atoms with van der Waals surface area (Å²) in [5.74, 6) is 1.75. The van der Waals surface area contributed by atoms with Gasteiger partial charge < -0.3 is 0 Å². The molecule has 0 heteroatoms. The fraction of sp³-hybridized carbons (Fsp3) is 0.600. The van der Waals surface area contributed by atoms with Crippen LogP contribution in [0.25, 0.3) is 0 Å². The van der Waals surface area contributed by atoms with E-state index in [-0.39, 0.29) is 0 Å². The molecule has 15 heavy (non-hydrogen) atoms. The SMILES string of the molecule is CC1Cc2ccc(C3CCCC3)cc2C1. The van der Waals surface area contributed by atoms with Gasteiger partial charge in [-0.3, -0.25) is 0 Å². The molecule has 1 aromatic rings. The third kappa shape index (κ3) is 1.71. The minimum Gasteiger partial charge on any atom is -0.0619 e. The molecule has 1 aromatic carbocycles. The van der Waals surface area contributed by atoms with Gasteiger partial charge in [-0.15, -0.1) is 0 Å². The second kappa shape index (κ2) is 3.66. The second-order valence-electron chi connectivity index (χ2n) is 5.52. The van der Waals surface area contributed by atoms with E-state index in [4.69, 9.17) is 0 Å². The molecule has 3 rings (SSSR count). The van der Waals surface area contributed by atoms with E-state index in [0.717, 1.165) is 11.8 Å². The molecular weight excluding hydrogens is 180 g/mol. The summed E-state index contributed by atoms with van der Waals surface area (Å²) in [6, 6.07) is 7.30. The highest BCUT2D eigenvalue weighted by atomic mass is 14.3. The summed E-state index contributed by atoms with van der Waals surface area (Å²) >= 11 is 0. The maximum absolute atomic E-state index is 2.51. The molecule has 1 unspecified atom stereocenters.